The van der Waals surface area contributed by atoms with Gasteiger partial charge in [-0.1, -0.05) is 71.9 Å². The molecule has 1 heterocycles. The van der Waals surface area contributed by atoms with Gasteiger partial charge < -0.3 is 23.8 Å². The second kappa shape index (κ2) is 10.6. The van der Waals surface area contributed by atoms with Gasteiger partial charge in [-0.2, -0.15) is 0 Å². The Kier molecular flexibility index (Phi) is 6.85. The third-order valence-electron chi connectivity index (χ3n) is 10.4. The van der Waals surface area contributed by atoms with Gasteiger partial charge in [0.2, 0.25) is 0 Å². The number of esters is 2. The number of rotatable bonds is 7. The van der Waals surface area contributed by atoms with Crippen molar-refractivity contribution >= 4 is 39.2 Å². The number of hydrogen-bond acceptors (Lipinski definition) is 8. The SMILES string of the molecule is COC(=O)C[C@]1(C(=O)OC)C[C@H]2CC[C@]1(OC)[C@@H]1ON=C(c3ccc4ccccc4c3-c3c(OC)ccc4ccccc34)[C@H]21. The van der Waals surface area contributed by atoms with Crippen LogP contribution in [0.2, 0.25) is 0 Å². The summed E-state index contributed by atoms with van der Waals surface area (Å²) in [5, 5.41) is 9.13. The molecule has 0 N–H and O–H groups in total. The predicted molar refractivity (Wildman–Crippen MR) is 167 cm³/mol. The molecule has 1 aliphatic heterocycles. The topological polar surface area (TPSA) is 92.7 Å². The summed E-state index contributed by atoms with van der Waals surface area (Å²) in [5.74, 6) is -0.388. The average Bonchev–Trinajstić information content (AvgIpc) is 3.54. The van der Waals surface area contributed by atoms with E-state index in [1.54, 1.807) is 14.2 Å². The number of carbonyl (C=O) groups is 2. The zero-order valence-corrected chi connectivity index (χ0v) is 25.3. The monoisotopic (exact) mass is 593 g/mol. The maximum Gasteiger partial charge on any atom is 0.315 e. The molecule has 0 saturated heterocycles. The van der Waals surface area contributed by atoms with Gasteiger partial charge in [0.1, 0.15) is 16.8 Å². The van der Waals surface area contributed by atoms with E-state index in [0.29, 0.717) is 12.8 Å². The smallest absolute Gasteiger partial charge is 0.315 e. The van der Waals surface area contributed by atoms with E-state index in [1.165, 1.54) is 14.2 Å². The van der Waals surface area contributed by atoms with Crippen LogP contribution in [0.3, 0.4) is 0 Å². The minimum absolute atomic E-state index is 0.00392. The predicted octanol–water partition coefficient (Wildman–Crippen LogP) is 6.31. The van der Waals surface area contributed by atoms with Crippen LogP contribution >= 0.6 is 0 Å². The fourth-order valence-electron chi connectivity index (χ4n) is 8.45. The molecule has 0 unspecified atom stereocenters. The number of benzene rings is 4. The molecule has 8 heteroatoms. The Bertz CT molecular complexity index is 1830. The third-order valence-corrected chi connectivity index (χ3v) is 10.4. The van der Waals surface area contributed by atoms with Crippen molar-refractivity contribution in [1.82, 2.24) is 0 Å². The van der Waals surface area contributed by atoms with Crippen LogP contribution in [0.4, 0.5) is 0 Å². The number of hydrogen-bond donors (Lipinski definition) is 0. The van der Waals surface area contributed by atoms with Gasteiger partial charge in [0, 0.05) is 23.8 Å². The van der Waals surface area contributed by atoms with Gasteiger partial charge in [-0.3, -0.25) is 9.59 Å². The highest BCUT2D eigenvalue weighted by molar-refractivity contribution is 6.18. The number of carbonyl (C=O) groups excluding carboxylic acids is 2. The Labute approximate surface area is 255 Å². The highest BCUT2D eigenvalue weighted by Crippen LogP contribution is 2.64. The summed E-state index contributed by atoms with van der Waals surface area (Å²) in [5.41, 5.74) is 1.37. The molecule has 3 aliphatic carbocycles. The summed E-state index contributed by atoms with van der Waals surface area (Å²) in [4.78, 5) is 32.7. The first kappa shape index (κ1) is 28.3. The molecule has 2 bridgehead atoms. The number of ether oxygens (including phenoxy) is 4. The van der Waals surface area contributed by atoms with Crippen LogP contribution in [0.25, 0.3) is 32.7 Å². The quantitative estimate of drug-likeness (QED) is 0.232. The fourth-order valence-corrected chi connectivity index (χ4v) is 8.45. The molecule has 0 spiro atoms. The average molecular weight is 594 g/mol. The van der Waals surface area contributed by atoms with Gasteiger partial charge >= 0.3 is 11.9 Å². The Morgan fingerprint density at radius 3 is 2.20 bits per heavy atom. The molecule has 0 amide bonds. The van der Waals surface area contributed by atoms with Crippen molar-refractivity contribution in [2.45, 2.75) is 37.4 Å². The van der Waals surface area contributed by atoms with Crippen molar-refractivity contribution < 1.29 is 33.4 Å². The van der Waals surface area contributed by atoms with Crippen molar-refractivity contribution in [3.05, 3.63) is 78.4 Å². The van der Waals surface area contributed by atoms with Crippen molar-refractivity contribution in [2.75, 3.05) is 28.4 Å². The van der Waals surface area contributed by atoms with Crippen molar-refractivity contribution in [1.29, 1.82) is 0 Å². The normalized spacial score (nSPS) is 27.0. The maximum absolute atomic E-state index is 13.6. The van der Waals surface area contributed by atoms with Crippen LogP contribution in [-0.4, -0.2) is 57.8 Å². The summed E-state index contributed by atoms with van der Waals surface area (Å²) in [6.45, 7) is 0. The van der Waals surface area contributed by atoms with Gasteiger partial charge in [-0.25, -0.2) is 0 Å². The summed E-state index contributed by atoms with van der Waals surface area (Å²) in [7, 11) is 5.95. The van der Waals surface area contributed by atoms with E-state index >= 15 is 0 Å². The maximum atomic E-state index is 13.6. The molecule has 0 radical (unpaired) electrons. The third kappa shape index (κ3) is 3.83. The lowest BCUT2D eigenvalue weighted by atomic mass is 9.46. The molecule has 4 aromatic carbocycles. The van der Waals surface area contributed by atoms with E-state index in [1.807, 2.05) is 30.3 Å². The van der Waals surface area contributed by atoms with Crippen LogP contribution < -0.4 is 4.74 Å². The zero-order chi connectivity index (χ0) is 30.6. The lowest BCUT2D eigenvalue weighted by molar-refractivity contribution is -0.262. The minimum atomic E-state index is -1.26. The molecule has 4 aromatic rings. The molecular weight excluding hydrogens is 558 g/mol. The lowest BCUT2D eigenvalue weighted by Gasteiger charge is -2.60. The fraction of sp³-hybridized carbons (Fsp3) is 0.361. The van der Waals surface area contributed by atoms with Gasteiger partial charge in [-0.05, 0) is 52.8 Å². The molecule has 8 nitrogen and oxygen atoms in total. The highest BCUT2D eigenvalue weighted by Gasteiger charge is 2.74. The molecule has 226 valence electrons. The van der Waals surface area contributed by atoms with Gasteiger partial charge in [-0.15, -0.1) is 0 Å². The van der Waals surface area contributed by atoms with Crippen LogP contribution in [0.1, 0.15) is 31.2 Å². The standard InChI is InChI=1S/C36H35NO7/c1-40-27-16-14-22-10-6-8-12-25(22)31(27)30-24-11-7-5-9-21(24)13-15-26(30)32-29-23-17-18-36(43-4,33(29)44-37-32)35(19-23,34(39)42-3)20-28(38)41-2/h5-16,23,29,33H,17-20H2,1-4H3/t23-,29+,33-,35+,36+/m1/s1. The number of fused-ring (bicyclic) bond motifs is 4. The molecule has 3 fully saturated rings. The summed E-state index contributed by atoms with van der Waals surface area (Å²) in [6.07, 6.45) is 0.972. The van der Waals surface area contributed by atoms with E-state index in [9.17, 15) is 9.59 Å². The first-order valence-corrected chi connectivity index (χ1v) is 15.0. The highest BCUT2D eigenvalue weighted by atomic mass is 16.7. The number of methoxy groups -OCH3 is 4. The zero-order valence-electron chi connectivity index (χ0n) is 25.3. The Balaban J connectivity index is 1.43. The molecule has 8 rings (SSSR count). The van der Waals surface area contributed by atoms with E-state index in [0.717, 1.165) is 56.1 Å². The molecule has 3 saturated carbocycles. The lowest BCUT2D eigenvalue weighted by Crippen LogP contribution is -2.71. The van der Waals surface area contributed by atoms with E-state index in [4.69, 9.17) is 28.9 Å². The Hall–Kier alpha value is -4.43. The second-order valence-corrected chi connectivity index (χ2v) is 12.0. The van der Waals surface area contributed by atoms with E-state index < -0.39 is 29.1 Å². The van der Waals surface area contributed by atoms with Crippen LogP contribution in [0.15, 0.2) is 78.0 Å². The van der Waals surface area contributed by atoms with Gasteiger partial charge in [0.25, 0.3) is 0 Å². The Morgan fingerprint density at radius 2 is 1.55 bits per heavy atom. The van der Waals surface area contributed by atoms with E-state index in [-0.39, 0.29) is 18.3 Å². The number of oxime groups is 1. The van der Waals surface area contributed by atoms with Crippen LogP contribution in [0.5, 0.6) is 5.75 Å². The minimum Gasteiger partial charge on any atom is -0.496 e. The molecule has 5 atom stereocenters. The molecule has 44 heavy (non-hydrogen) atoms. The summed E-state index contributed by atoms with van der Waals surface area (Å²) in [6, 6.07) is 24.9. The summed E-state index contributed by atoms with van der Waals surface area (Å²) < 4.78 is 22.7. The largest absolute Gasteiger partial charge is 0.496 e. The molecular formula is C36H35NO7. The van der Waals surface area contributed by atoms with Crippen LogP contribution in [-0.2, 0) is 28.6 Å². The van der Waals surface area contributed by atoms with Crippen LogP contribution in [0, 0.1) is 17.3 Å². The molecule has 0 aromatic heterocycles. The van der Waals surface area contributed by atoms with Crippen molar-refractivity contribution in [3.8, 4) is 16.9 Å². The van der Waals surface area contributed by atoms with Crippen molar-refractivity contribution in [3.63, 3.8) is 0 Å². The van der Waals surface area contributed by atoms with E-state index in [2.05, 4.69) is 42.5 Å². The number of nitrogens with zero attached hydrogens (tertiary/aromatic N) is 1. The van der Waals surface area contributed by atoms with Gasteiger partial charge in [0.15, 0.2) is 6.10 Å². The first-order chi connectivity index (χ1) is 21.4. The Morgan fingerprint density at radius 1 is 0.864 bits per heavy atom. The first-order valence-electron chi connectivity index (χ1n) is 15.0. The second-order valence-electron chi connectivity index (χ2n) is 12.0. The summed E-state index contributed by atoms with van der Waals surface area (Å²) >= 11 is 0. The van der Waals surface area contributed by atoms with Gasteiger partial charge in [0.05, 0.1) is 39.4 Å². The molecule has 4 aliphatic rings. The van der Waals surface area contributed by atoms with Crippen molar-refractivity contribution in [2.24, 2.45) is 22.4 Å².